The van der Waals surface area contributed by atoms with Gasteiger partial charge in [-0.15, -0.1) is 0 Å². The number of piperazine rings is 1. The monoisotopic (exact) mass is 398 g/mol. The highest BCUT2D eigenvalue weighted by Crippen LogP contribution is 2.22. The first-order valence-electron chi connectivity index (χ1n) is 10.9. The molecule has 0 aromatic heterocycles. The minimum absolute atomic E-state index is 0.00779. The Labute approximate surface area is 172 Å². The van der Waals surface area contributed by atoms with Gasteiger partial charge in [-0.05, 0) is 56.4 Å². The molecular weight excluding hydrogens is 368 g/mol. The highest BCUT2D eigenvalue weighted by molar-refractivity contribution is 5.97. The van der Waals surface area contributed by atoms with E-state index < -0.39 is 0 Å². The van der Waals surface area contributed by atoms with E-state index in [1.807, 2.05) is 43.9 Å². The molecule has 3 saturated heterocycles. The van der Waals surface area contributed by atoms with Gasteiger partial charge in [0.15, 0.2) is 0 Å². The maximum Gasteiger partial charge on any atom is 0.320 e. The van der Waals surface area contributed by atoms with Crippen molar-refractivity contribution < 1.29 is 14.4 Å². The predicted octanol–water partition coefficient (Wildman–Crippen LogP) is 2.57. The van der Waals surface area contributed by atoms with Gasteiger partial charge in [-0.2, -0.15) is 0 Å². The number of piperidine rings is 2. The second-order valence-electron chi connectivity index (χ2n) is 8.16. The van der Waals surface area contributed by atoms with Crippen molar-refractivity contribution in [3.63, 3.8) is 0 Å². The van der Waals surface area contributed by atoms with Crippen LogP contribution in [0.1, 0.15) is 48.9 Å². The third-order valence-corrected chi connectivity index (χ3v) is 6.21. The molecule has 0 radical (unpaired) electrons. The second-order valence-corrected chi connectivity index (χ2v) is 8.16. The van der Waals surface area contributed by atoms with E-state index >= 15 is 0 Å². The molecule has 3 fully saturated rings. The smallest absolute Gasteiger partial charge is 0.320 e. The summed E-state index contributed by atoms with van der Waals surface area (Å²) in [5.74, 6) is 0.149. The molecule has 3 aliphatic rings. The number of hydrogen-bond acceptors (Lipinski definition) is 3. The minimum atomic E-state index is -0.00779. The number of nitrogens with zero attached hydrogens (tertiary/aromatic N) is 4. The Morgan fingerprint density at radius 3 is 1.90 bits per heavy atom. The number of anilines is 1. The lowest BCUT2D eigenvalue weighted by Crippen LogP contribution is -2.54. The van der Waals surface area contributed by atoms with Gasteiger partial charge < -0.3 is 19.6 Å². The molecule has 1 aromatic rings. The van der Waals surface area contributed by atoms with Crippen LogP contribution in [-0.2, 0) is 4.79 Å². The standard InChI is InChI=1S/C22H30N4O3/c27-20-6-2-5-13-26(20)19-9-7-18(8-10-19)21(28)23-14-16-25(17-15-23)22(29)24-11-3-1-4-12-24/h7-10H,1-6,11-17H2. The van der Waals surface area contributed by atoms with Crippen LogP contribution in [0, 0.1) is 0 Å². The molecule has 0 N–H and O–H groups in total. The van der Waals surface area contributed by atoms with Crippen LogP contribution in [0.2, 0.25) is 0 Å². The van der Waals surface area contributed by atoms with Crippen LogP contribution >= 0.6 is 0 Å². The first-order chi connectivity index (χ1) is 14.1. The summed E-state index contributed by atoms with van der Waals surface area (Å²) in [4.78, 5) is 45.0. The Hall–Kier alpha value is -2.57. The van der Waals surface area contributed by atoms with Gasteiger partial charge in [0.25, 0.3) is 5.91 Å². The van der Waals surface area contributed by atoms with Gasteiger partial charge in [-0.25, -0.2) is 4.79 Å². The summed E-state index contributed by atoms with van der Waals surface area (Å²) in [5.41, 5.74) is 1.50. The van der Waals surface area contributed by atoms with Crippen molar-refractivity contribution in [2.45, 2.75) is 38.5 Å². The fourth-order valence-corrected chi connectivity index (χ4v) is 4.43. The molecule has 0 unspecified atom stereocenters. The summed E-state index contributed by atoms with van der Waals surface area (Å²) in [6.45, 7) is 4.74. The summed E-state index contributed by atoms with van der Waals surface area (Å²) in [6.07, 6.45) is 5.95. The second kappa shape index (κ2) is 8.84. The van der Waals surface area contributed by atoms with Gasteiger partial charge in [0.2, 0.25) is 5.91 Å². The Morgan fingerprint density at radius 1 is 0.655 bits per heavy atom. The number of likely N-dealkylation sites (tertiary alicyclic amines) is 1. The topological polar surface area (TPSA) is 64.2 Å². The molecule has 7 nitrogen and oxygen atoms in total. The quantitative estimate of drug-likeness (QED) is 0.769. The maximum absolute atomic E-state index is 12.9. The molecule has 29 heavy (non-hydrogen) atoms. The van der Waals surface area contributed by atoms with Crippen LogP contribution in [0.15, 0.2) is 24.3 Å². The molecule has 7 heteroatoms. The molecule has 1 aromatic carbocycles. The zero-order valence-corrected chi connectivity index (χ0v) is 17.0. The van der Waals surface area contributed by atoms with Crippen LogP contribution in [0.25, 0.3) is 0 Å². The lowest BCUT2D eigenvalue weighted by molar-refractivity contribution is -0.119. The van der Waals surface area contributed by atoms with Crippen molar-refractivity contribution in [1.82, 2.24) is 14.7 Å². The highest BCUT2D eigenvalue weighted by atomic mass is 16.2. The number of carbonyl (C=O) groups excluding carboxylic acids is 3. The van der Waals surface area contributed by atoms with Crippen LogP contribution in [0.5, 0.6) is 0 Å². The molecule has 0 saturated carbocycles. The first-order valence-corrected chi connectivity index (χ1v) is 10.9. The average Bonchev–Trinajstić information content (AvgIpc) is 2.79. The lowest BCUT2D eigenvalue weighted by atomic mass is 10.1. The van der Waals surface area contributed by atoms with Gasteiger partial charge in [-0.3, -0.25) is 9.59 Å². The molecule has 156 valence electrons. The van der Waals surface area contributed by atoms with Gasteiger partial charge in [0, 0.05) is 63.5 Å². The van der Waals surface area contributed by atoms with Crippen LogP contribution in [0.3, 0.4) is 0 Å². The van der Waals surface area contributed by atoms with Gasteiger partial charge >= 0.3 is 6.03 Å². The van der Waals surface area contributed by atoms with Crippen molar-refractivity contribution in [2.24, 2.45) is 0 Å². The number of hydrogen-bond donors (Lipinski definition) is 0. The number of carbonyl (C=O) groups is 3. The predicted molar refractivity (Wildman–Crippen MR) is 111 cm³/mol. The molecule has 3 aliphatic heterocycles. The lowest BCUT2D eigenvalue weighted by Gasteiger charge is -2.38. The van der Waals surface area contributed by atoms with Crippen molar-refractivity contribution in [3.05, 3.63) is 29.8 Å². The minimum Gasteiger partial charge on any atom is -0.335 e. The van der Waals surface area contributed by atoms with Crippen LogP contribution in [0.4, 0.5) is 10.5 Å². The van der Waals surface area contributed by atoms with E-state index in [0.29, 0.717) is 38.2 Å². The van der Waals surface area contributed by atoms with E-state index in [1.165, 1.54) is 6.42 Å². The molecule has 4 amide bonds. The summed E-state index contributed by atoms with van der Waals surface area (Å²) in [5, 5.41) is 0. The third-order valence-electron chi connectivity index (χ3n) is 6.21. The zero-order valence-electron chi connectivity index (χ0n) is 17.0. The van der Waals surface area contributed by atoms with Crippen LogP contribution < -0.4 is 4.90 Å². The molecule has 3 heterocycles. The van der Waals surface area contributed by atoms with E-state index in [0.717, 1.165) is 51.0 Å². The summed E-state index contributed by atoms with van der Waals surface area (Å²) >= 11 is 0. The summed E-state index contributed by atoms with van der Waals surface area (Å²) in [6, 6.07) is 7.47. The SMILES string of the molecule is O=C(c1ccc(N2CCCCC2=O)cc1)N1CCN(C(=O)N2CCCCC2)CC1. The van der Waals surface area contributed by atoms with E-state index in [-0.39, 0.29) is 17.8 Å². The van der Waals surface area contributed by atoms with Crippen molar-refractivity contribution in [2.75, 3.05) is 50.7 Å². The van der Waals surface area contributed by atoms with Crippen molar-refractivity contribution in [3.8, 4) is 0 Å². The van der Waals surface area contributed by atoms with Gasteiger partial charge in [0.1, 0.15) is 0 Å². The molecule has 0 bridgehead atoms. The number of benzene rings is 1. The Morgan fingerprint density at radius 2 is 1.24 bits per heavy atom. The van der Waals surface area contributed by atoms with E-state index in [9.17, 15) is 14.4 Å². The molecule has 0 spiro atoms. The fourth-order valence-electron chi connectivity index (χ4n) is 4.43. The van der Waals surface area contributed by atoms with Crippen LogP contribution in [-0.4, -0.2) is 78.4 Å². The summed E-state index contributed by atoms with van der Waals surface area (Å²) < 4.78 is 0. The van der Waals surface area contributed by atoms with Gasteiger partial charge in [0.05, 0.1) is 0 Å². The fraction of sp³-hybridized carbons (Fsp3) is 0.591. The zero-order chi connectivity index (χ0) is 20.2. The van der Waals surface area contributed by atoms with E-state index in [1.54, 1.807) is 0 Å². The highest BCUT2D eigenvalue weighted by Gasteiger charge is 2.28. The first kappa shape index (κ1) is 19.7. The van der Waals surface area contributed by atoms with E-state index in [2.05, 4.69) is 0 Å². The number of rotatable bonds is 2. The Kier molecular flexibility index (Phi) is 6.02. The molecule has 0 aliphatic carbocycles. The van der Waals surface area contributed by atoms with Crippen molar-refractivity contribution >= 4 is 23.5 Å². The number of amides is 4. The summed E-state index contributed by atoms with van der Waals surface area (Å²) in [7, 11) is 0. The van der Waals surface area contributed by atoms with Gasteiger partial charge in [-0.1, -0.05) is 0 Å². The Bertz CT molecular complexity index is 750. The molecular formula is C22H30N4O3. The molecule has 4 rings (SSSR count). The normalized spacial score (nSPS) is 20.8. The Balaban J connectivity index is 1.32. The van der Waals surface area contributed by atoms with E-state index in [4.69, 9.17) is 0 Å². The average molecular weight is 399 g/mol. The number of urea groups is 1. The third kappa shape index (κ3) is 4.38. The largest absolute Gasteiger partial charge is 0.335 e. The maximum atomic E-state index is 12.9. The molecule has 0 atom stereocenters. The van der Waals surface area contributed by atoms with Crippen molar-refractivity contribution in [1.29, 1.82) is 0 Å².